The summed E-state index contributed by atoms with van der Waals surface area (Å²) in [5.74, 6) is -1.81. The van der Waals surface area contributed by atoms with E-state index in [1.807, 2.05) is 13.8 Å². The molecule has 0 spiro atoms. The van der Waals surface area contributed by atoms with Crippen molar-refractivity contribution < 1.29 is 18.8 Å². The molecule has 0 aliphatic heterocycles. The van der Waals surface area contributed by atoms with Gasteiger partial charge in [-0.05, 0) is 30.0 Å². The molecule has 4 N–H and O–H groups in total. The Labute approximate surface area is 141 Å². The SMILES string of the molecule is CC(=O)N[C@@H](CC(C)C)C(=O)N[C@H](Cc1cccc(F)c1)C(N)=O. The van der Waals surface area contributed by atoms with Crippen LogP contribution in [0.2, 0.25) is 0 Å². The number of hydrogen-bond donors (Lipinski definition) is 3. The second kappa shape index (κ2) is 9.00. The van der Waals surface area contributed by atoms with Crippen LogP contribution in [0.3, 0.4) is 0 Å². The van der Waals surface area contributed by atoms with Crippen molar-refractivity contribution in [2.75, 3.05) is 0 Å². The molecule has 1 rings (SSSR count). The second-order valence-corrected chi connectivity index (χ2v) is 6.18. The fourth-order valence-corrected chi connectivity index (χ4v) is 2.34. The van der Waals surface area contributed by atoms with Gasteiger partial charge in [-0.2, -0.15) is 0 Å². The van der Waals surface area contributed by atoms with Crippen molar-refractivity contribution in [1.29, 1.82) is 0 Å². The highest BCUT2D eigenvalue weighted by Crippen LogP contribution is 2.09. The lowest BCUT2D eigenvalue weighted by molar-refractivity contribution is -0.131. The number of amides is 3. The predicted octanol–water partition coefficient (Wildman–Crippen LogP) is 0.889. The predicted molar refractivity (Wildman–Crippen MR) is 88.3 cm³/mol. The Balaban J connectivity index is 2.83. The summed E-state index contributed by atoms with van der Waals surface area (Å²) in [7, 11) is 0. The van der Waals surface area contributed by atoms with Gasteiger partial charge in [0, 0.05) is 13.3 Å². The first-order valence-electron chi connectivity index (χ1n) is 7.80. The average molecular weight is 337 g/mol. The molecule has 2 atom stereocenters. The zero-order valence-corrected chi connectivity index (χ0v) is 14.1. The summed E-state index contributed by atoms with van der Waals surface area (Å²) in [6.45, 7) is 5.15. The molecule has 0 saturated heterocycles. The molecule has 7 heteroatoms. The third-order valence-electron chi connectivity index (χ3n) is 3.39. The molecule has 0 radical (unpaired) electrons. The molecule has 0 fully saturated rings. The molecule has 1 aromatic carbocycles. The maximum atomic E-state index is 13.2. The van der Waals surface area contributed by atoms with E-state index in [9.17, 15) is 18.8 Å². The quantitative estimate of drug-likeness (QED) is 0.656. The topological polar surface area (TPSA) is 101 Å². The molecule has 6 nitrogen and oxygen atoms in total. The van der Waals surface area contributed by atoms with Gasteiger partial charge in [-0.25, -0.2) is 4.39 Å². The molecule has 24 heavy (non-hydrogen) atoms. The summed E-state index contributed by atoms with van der Waals surface area (Å²) in [4.78, 5) is 35.3. The second-order valence-electron chi connectivity index (χ2n) is 6.18. The Morgan fingerprint density at radius 1 is 1.17 bits per heavy atom. The lowest BCUT2D eigenvalue weighted by atomic mass is 10.0. The highest BCUT2D eigenvalue weighted by Gasteiger charge is 2.25. The van der Waals surface area contributed by atoms with Crippen LogP contribution in [0.1, 0.15) is 32.8 Å². The third kappa shape index (κ3) is 6.76. The van der Waals surface area contributed by atoms with Crippen molar-refractivity contribution in [3.05, 3.63) is 35.6 Å². The fraction of sp³-hybridized carbons (Fsp3) is 0.471. The summed E-state index contributed by atoms with van der Waals surface area (Å²) in [5.41, 5.74) is 5.88. The zero-order valence-electron chi connectivity index (χ0n) is 14.1. The Morgan fingerprint density at radius 3 is 2.33 bits per heavy atom. The summed E-state index contributed by atoms with van der Waals surface area (Å²) in [6, 6.07) is 3.99. The smallest absolute Gasteiger partial charge is 0.243 e. The van der Waals surface area contributed by atoms with Crippen LogP contribution >= 0.6 is 0 Å². The van der Waals surface area contributed by atoms with Gasteiger partial charge in [0.15, 0.2) is 0 Å². The zero-order chi connectivity index (χ0) is 18.3. The molecule has 0 heterocycles. The van der Waals surface area contributed by atoms with Crippen LogP contribution in [0, 0.1) is 11.7 Å². The van der Waals surface area contributed by atoms with Crippen LogP contribution < -0.4 is 16.4 Å². The normalized spacial score (nSPS) is 13.2. The molecule has 0 unspecified atom stereocenters. The highest BCUT2D eigenvalue weighted by molar-refractivity contribution is 5.91. The van der Waals surface area contributed by atoms with Crippen molar-refractivity contribution in [2.24, 2.45) is 11.7 Å². The molecule has 132 valence electrons. The maximum absolute atomic E-state index is 13.2. The Bertz CT molecular complexity index is 604. The lowest BCUT2D eigenvalue weighted by Gasteiger charge is -2.22. The number of nitrogens with one attached hydrogen (secondary N) is 2. The van der Waals surface area contributed by atoms with E-state index in [4.69, 9.17) is 5.73 Å². The van der Waals surface area contributed by atoms with E-state index in [-0.39, 0.29) is 18.2 Å². The van der Waals surface area contributed by atoms with Crippen molar-refractivity contribution in [1.82, 2.24) is 10.6 Å². The molecular formula is C17H24FN3O3. The average Bonchev–Trinajstić information content (AvgIpc) is 2.44. The van der Waals surface area contributed by atoms with E-state index in [1.54, 1.807) is 6.07 Å². The third-order valence-corrected chi connectivity index (χ3v) is 3.39. The maximum Gasteiger partial charge on any atom is 0.243 e. The lowest BCUT2D eigenvalue weighted by Crippen LogP contribution is -2.53. The van der Waals surface area contributed by atoms with Crippen molar-refractivity contribution in [3.8, 4) is 0 Å². The number of carbonyl (C=O) groups excluding carboxylic acids is 3. The summed E-state index contributed by atoms with van der Waals surface area (Å²) in [5, 5.41) is 5.11. The van der Waals surface area contributed by atoms with Gasteiger partial charge in [0.25, 0.3) is 0 Å². The van der Waals surface area contributed by atoms with E-state index in [1.165, 1.54) is 25.1 Å². The molecule has 0 aliphatic rings. The van der Waals surface area contributed by atoms with Crippen molar-refractivity contribution >= 4 is 17.7 Å². The number of carbonyl (C=O) groups is 3. The first kappa shape index (κ1) is 19.6. The van der Waals surface area contributed by atoms with Crippen LogP contribution in [0.5, 0.6) is 0 Å². The van der Waals surface area contributed by atoms with Crippen molar-refractivity contribution in [2.45, 2.75) is 45.7 Å². The number of nitrogens with two attached hydrogens (primary N) is 1. The molecule has 0 aliphatic carbocycles. The van der Waals surface area contributed by atoms with Gasteiger partial charge in [-0.3, -0.25) is 14.4 Å². The number of halogens is 1. The van der Waals surface area contributed by atoms with Gasteiger partial charge in [0.2, 0.25) is 17.7 Å². The molecule has 0 aromatic heterocycles. The van der Waals surface area contributed by atoms with Crippen LogP contribution in [0.15, 0.2) is 24.3 Å². The largest absolute Gasteiger partial charge is 0.368 e. The Hall–Kier alpha value is -2.44. The molecular weight excluding hydrogens is 313 g/mol. The minimum absolute atomic E-state index is 0.0767. The standard InChI is InChI=1S/C17H24FN3O3/c1-10(2)7-15(20-11(3)22)17(24)21-14(16(19)23)9-12-5-4-6-13(18)8-12/h4-6,8,10,14-15H,7,9H2,1-3H3,(H2,19,23)(H,20,22)(H,21,24)/t14-,15+/m1/s1. The molecule has 0 saturated carbocycles. The van der Waals surface area contributed by atoms with Gasteiger partial charge in [-0.1, -0.05) is 26.0 Å². The van der Waals surface area contributed by atoms with E-state index >= 15 is 0 Å². The Morgan fingerprint density at radius 2 is 1.83 bits per heavy atom. The number of primary amides is 1. The van der Waals surface area contributed by atoms with E-state index in [0.717, 1.165) is 0 Å². The minimum atomic E-state index is -0.984. The minimum Gasteiger partial charge on any atom is -0.368 e. The van der Waals surface area contributed by atoms with Crippen molar-refractivity contribution in [3.63, 3.8) is 0 Å². The number of benzene rings is 1. The monoisotopic (exact) mass is 337 g/mol. The van der Waals surface area contributed by atoms with Crippen LogP contribution in [0.25, 0.3) is 0 Å². The van der Waals surface area contributed by atoms with Crippen LogP contribution in [0.4, 0.5) is 4.39 Å². The summed E-state index contributed by atoms with van der Waals surface area (Å²) >= 11 is 0. The first-order chi connectivity index (χ1) is 11.2. The number of rotatable bonds is 8. The van der Waals surface area contributed by atoms with Gasteiger partial charge < -0.3 is 16.4 Å². The molecule has 0 bridgehead atoms. The first-order valence-corrected chi connectivity index (χ1v) is 7.80. The summed E-state index contributed by atoms with van der Waals surface area (Å²) < 4.78 is 13.2. The fourth-order valence-electron chi connectivity index (χ4n) is 2.34. The van der Waals surface area contributed by atoms with Gasteiger partial charge in [0.1, 0.15) is 17.9 Å². The van der Waals surface area contributed by atoms with Gasteiger partial charge in [-0.15, -0.1) is 0 Å². The summed E-state index contributed by atoms with van der Waals surface area (Å²) in [6.07, 6.45) is 0.504. The Kier molecular flexibility index (Phi) is 7.35. The van der Waals surface area contributed by atoms with Gasteiger partial charge >= 0.3 is 0 Å². The van der Waals surface area contributed by atoms with E-state index < -0.39 is 29.7 Å². The van der Waals surface area contributed by atoms with E-state index in [2.05, 4.69) is 10.6 Å². The molecule has 1 aromatic rings. The highest BCUT2D eigenvalue weighted by atomic mass is 19.1. The van der Waals surface area contributed by atoms with Crippen LogP contribution in [-0.4, -0.2) is 29.8 Å². The number of hydrogen-bond acceptors (Lipinski definition) is 3. The molecule has 3 amide bonds. The van der Waals surface area contributed by atoms with E-state index in [0.29, 0.717) is 12.0 Å². The van der Waals surface area contributed by atoms with Crippen LogP contribution in [-0.2, 0) is 20.8 Å². The van der Waals surface area contributed by atoms with Gasteiger partial charge in [0.05, 0.1) is 0 Å².